The minimum Gasteiger partial charge on any atom is -0.486 e. The molecule has 0 bridgehead atoms. The van der Waals surface area contributed by atoms with Crippen LogP contribution in [0, 0.1) is 13.8 Å². The molecule has 0 radical (unpaired) electrons. The first-order chi connectivity index (χ1) is 18.6. The standard InChI is InChI=1S/C32H38N4O3/c1-7-38-30(37)17-27(26-14-15-28-31(22(26)3)33-34-35(28)6)23-13-12-21(2)25(16-23)19-36-18-24-10-8-9-11-29(24)39-32(4,5)20-36/h8-16,27H,7,17-20H2,1-6H3/t27-/m0/s1. The third-order valence-corrected chi connectivity index (χ3v) is 7.66. The zero-order valence-electron chi connectivity index (χ0n) is 23.8. The summed E-state index contributed by atoms with van der Waals surface area (Å²) >= 11 is 0. The van der Waals surface area contributed by atoms with E-state index in [0.717, 1.165) is 53.1 Å². The number of hydrogen-bond acceptors (Lipinski definition) is 6. The maximum atomic E-state index is 12.8. The maximum absolute atomic E-state index is 12.8. The minimum atomic E-state index is -0.312. The monoisotopic (exact) mass is 526 g/mol. The van der Waals surface area contributed by atoms with Crippen molar-refractivity contribution in [1.29, 1.82) is 0 Å². The van der Waals surface area contributed by atoms with Gasteiger partial charge in [0.1, 0.15) is 16.9 Å². The van der Waals surface area contributed by atoms with Crippen LogP contribution in [0.25, 0.3) is 11.0 Å². The van der Waals surface area contributed by atoms with Crippen molar-refractivity contribution in [2.75, 3.05) is 13.2 Å². The largest absolute Gasteiger partial charge is 0.486 e. The number of carbonyl (C=O) groups is 1. The molecule has 7 heteroatoms. The summed E-state index contributed by atoms with van der Waals surface area (Å²) in [5.74, 6) is 0.602. The van der Waals surface area contributed by atoms with Crippen LogP contribution in [0.2, 0.25) is 0 Å². The Labute approximate surface area is 230 Å². The van der Waals surface area contributed by atoms with Crippen LogP contribution < -0.4 is 4.74 Å². The molecule has 0 saturated carbocycles. The van der Waals surface area contributed by atoms with Gasteiger partial charge < -0.3 is 9.47 Å². The lowest BCUT2D eigenvalue weighted by Gasteiger charge is -2.30. The summed E-state index contributed by atoms with van der Waals surface area (Å²) in [7, 11) is 1.89. The fourth-order valence-corrected chi connectivity index (χ4v) is 5.75. The Kier molecular flexibility index (Phi) is 7.45. The molecule has 0 fully saturated rings. The van der Waals surface area contributed by atoms with Crippen LogP contribution in [-0.4, -0.2) is 44.6 Å². The summed E-state index contributed by atoms with van der Waals surface area (Å²) in [4.78, 5) is 15.3. The predicted molar refractivity (Wildman–Crippen MR) is 153 cm³/mol. The van der Waals surface area contributed by atoms with E-state index in [1.807, 2.05) is 26.1 Å². The Bertz CT molecular complexity index is 1510. The van der Waals surface area contributed by atoms with Crippen LogP contribution in [0.4, 0.5) is 0 Å². The van der Waals surface area contributed by atoms with Gasteiger partial charge in [0, 0.05) is 38.2 Å². The molecule has 0 spiro atoms. The van der Waals surface area contributed by atoms with E-state index in [1.54, 1.807) is 4.68 Å². The summed E-state index contributed by atoms with van der Waals surface area (Å²) in [6, 6.07) is 19.0. The number of aryl methyl sites for hydroxylation is 3. The van der Waals surface area contributed by atoms with E-state index in [1.165, 1.54) is 16.7 Å². The molecule has 3 aromatic carbocycles. The number of aromatic nitrogens is 3. The molecule has 1 atom stereocenters. The highest BCUT2D eigenvalue weighted by atomic mass is 16.5. The van der Waals surface area contributed by atoms with Gasteiger partial charge in [-0.05, 0) is 74.6 Å². The number of ether oxygens (including phenoxy) is 2. The number of nitrogens with zero attached hydrogens (tertiary/aromatic N) is 4. The lowest BCUT2D eigenvalue weighted by atomic mass is 9.84. The van der Waals surface area contributed by atoms with Crippen molar-refractivity contribution >= 4 is 17.0 Å². The SMILES string of the molecule is CCOC(=O)C[C@@H](c1ccc(C)c(CN2Cc3ccccc3OC(C)(C)C2)c1)c1ccc2c(nnn2C)c1C. The highest BCUT2D eigenvalue weighted by Gasteiger charge is 2.30. The quantitative estimate of drug-likeness (QED) is 0.282. The lowest BCUT2D eigenvalue weighted by molar-refractivity contribution is -0.143. The fraction of sp³-hybridized carbons (Fsp3) is 0.406. The summed E-state index contributed by atoms with van der Waals surface area (Å²) < 4.78 is 13.6. The van der Waals surface area contributed by atoms with Gasteiger partial charge in [-0.25, -0.2) is 4.68 Å². The first kappa shape index (κ1) is 26.9. The van der Waals surface area contributed by atoms with E-state index in [-0.39, 0.29) is 23.9 Å². The average molecular weight is 527 g/mol. The molecule has 0 aliphatic carbocycles. The number of benzene rings is 3. The molecule has 39 heavy (non-hydrogen) atoms. The smallest absolute Gasteiger partial charge is 0.306 e. The van der Waals surface area contributed by atoms with Crippen molar-refractivity contribution in [2.24, 2.45) is 7.05 Å². The molecule has 1 aromatic heterocycles. The molecule has 1 aliphatic heterocycles. The van der Waals surface area contributed by atoms with Gasteiger partial charge in [-0.3, -0.25) is 9.69 Å². The molecular weight excluding hydrogens is 488 g/mol. The van der Waals surface area contributed by atoms with Crippen LogP contribution >= 0.6 is 0 Å². The summed E-state index contributed by atoms with van der Waals surface area (Å²) in [5, 5.41) is 8.60. The first-order valence-electron chi connectivity index (χ1n) is 13.7. The highest BCUT2D eigenvalue weighted by molar-refractivity contribution is 5.80. The molecule has 0 unspecified atom stereocenters. The van der Waals surface area contributed by atoms with Crippen LogP contribution in [0.15, 0.2) is 54.6 Å². The van der Waals surface area contributed by atoms with Gasteiger partial charge in [0.25, 0.3) is 0 Å². The van der Waals surface area contributed by atoms with Gasteiger partial charge in [-0.1, -0.05) is 47.7 Å². The second kappa shape index (κ2) is 10.8. The molecule has 0 amide bonds. The molecule has 5 rings (SSSR count). The van der Waals surface area contributed by atoms with Gasteiger partial charge >= 0.3 is 5.97 Å². The minimum absolute atomic E-state index is 0.153. The summed E-state index contributed by atoms with van der Waals surface area (Å²) in [6.45, 7) is 13.1. The average Bonchev–Trinajstić information content (AvgIpc) is 3.20. The van der Waals surface area contributed by atoms with Crippen molar-refractivity contribution in [3.8, 4) is 5.75 Å². The van der Waals surface area contributed by atoms with Gasteiger partial charge in [0.15, 0.2) is 0 Å². The predicted octanol–water partition coefficient (Wildman–Crippen LogP) is 5.84. The number of para-hydroxylation sites is 1. The molecule has 204 valence electrons. The fourth-order valence-electron chi connectivity index (χ4n) is 5.75. The van der Waals surface area contributed by atoms with E-state index >= 15 is 0 Å². The number of carbonyl (C=O) groups excluding carboxylic acids is 1. The van der Waals surface area contributed by atoms with E-state index in [4.69, 9.17) is 9.47 Å². The van der Waals surface area contributed by atoms with Crippen LogP contribution in [0.3, 0.4) is 0 Å². The molecule has 7 nitrogen and oxygen atoms in total. The molecule has 1 aliphatic rings. The van der Waals surface area contributed by atoms with Crippen LogP contribution in [0.5, 0.6) is 5.75 Å². The van der Waals surface area contributed by atoms with Gasteiger partial charge in [-0.15, -0.1) is 5.10 Å². The second-order valence-corrected chi connectivity index (χ2v) is 11.2. The van der Waals surface area contributed by atoms with Crippen molar-refractivity contribution in [2.45, 2.75) is 65.6 Å². The topological polar surface area (TPSA) is 69.5 Å². The number of fused-ring (bicyclic) bond motifs is 2. The van der Waals surface area contributed by atoms with E-state index < -0.39 is 0 Å². The molecular formula is C32H38N4O3. The van der Waals surface area contributed by atoms with Crippen LogP contribution in [-0.2, 0) is 29.7 Å². The number of hydrogen-bond donors (Lipinski definition) is 0. The van der Waals surface area contributed by atoms with Crippen molar-refractivity contribution in [3.05, 3.63) is 88.0 Å². The highest BCUT2D eigenvalue weighted by Crippen LogP contribution is 2.35. The van der Waals surface area contributed by atoms with E-state index in [9.17, 15) is 4.79 Å². The maximum Gasteiger partial charge on any atom is 0.306 e. The summed E-state index contributed by atoms with van der Waals surface area (Å²) in [6.07, 6.45) is 0.265. The van der Waals surface area contributed by atoms with E-state index in [0.29, 0.717) is 6.61 Å². The molecule has 0 saturated heterocycles. The normalized spacial score (nSPS) is 15.8. The Morgan fingerprint density at radius 2 is 1.92 bits per heavy atom. The van der Waals surface area contributed by atoms with Crippen molar-refractivity contribution < 1.29 is 14.3 Å². The van der Waals surface area contributed by atoms with Crippen LogP contribution in [0.1, 0.15) is 66.5 Å². The van der Waals surface area contributed by atoms with Gasteiger partial charge in [-0.2, -0.15) is 0 Å². The van der Waals surface area contributed by atoms with E-state index in [2.05, 4.69) is 85.4 Å². The lowest BCUT2D eigenvalue weighted by Crippen LogP contribution is -2.40. The zero-order valence-corrected chi connectivity index (χ0v) is 23.8. The third-order valence-electron chi connectivity index (χ3n) is 7.66. The number of rotatable bonds is 7. The Balaban J connectivity index is 1.51. The molecule has 2 heterocycles. The molecule has 0 N–H and O–H groups in total. The zero-order chi connectivity index (χ0) is 27.7. The number of esters is 1. The second-order valence-electron chi connectivity index (χ2n) is 11.2. The molecule has 4 aromatic rings. The Hall–Kier alpha value is -3.71. The Morgan fingerprint density at radius 1 is 1.13 bits per heavy atom. The van der Waals surface area contributed by atoms with Crippen molar-refractivity contribution in [1.82, 2.24) is 19.9 Å². The van der Waals surface area contributed by atoms with Crippen molar-refractivity contribution in [3.63, 3.8) is 0 Å². The first-order valence-corrected chi connectivity index (χ1v) is 13.7. The van der Waals surface area contributed by atoms with Gasteiger partial charge in [0.05, 0.1) is 18.5 Å². The Morgan fingerprint density at radius 3 is 2.72 bits per heavy atom. The summed E-state index contributed by atoms with van der Waals surface area (Å²) in [5.41, 5.74) is 8.41. The van der Waals surface area contributed by atoms with Gasteiger partial charge in [0.2, 0.25) is 0 Å². The third kappa shape index (κ3) is 5.69.